The van der Waals surface area contributed by atoms with Crippen molar-refractivity contribution >= 4 is 28.8 Å². The summed E-state index contributed by atoms with van der Waals surface area (Å²) in [4.78, 5) is 28.2. The molecule has 3 aromatic carbocycles. The largest absolute Gasteiger partial charge is 0.350 e. The van der Waals surface area contributed by atoms with Gasteiger partial charge in [-0.15, -0.1) is 0 Å². The molecule has 0 spiro atoms. The van der Waals surface area contributed by atoms with Crippen LogP contribution >= 0.6 is 0 Å². The predicted octanol–water partition coefficient (Wildman–Crippen LogP) is 5.26. The number of para-hydroxylation sites is 1. The summed E-state index contributed by atoms with van der Waals surface area (Å²) in [5.74, 6) is -0.657. The summed E-state index contributed by atoms with van der Waals surface area (Å²) in [5.41, 5.74) is 5.98. The summed E-state index contributed by atoms with van der Waals surface area (Å²) < 4.78 is 0. The molecule has 0 aliphatic carbocycles. The zero-order chi connectivity index (χ0) is 21.3. The topological polar surface area (TPSA) is 49.4 Å². The van der Waals surface area contributed by atoms with Gasteiger partial charge in [0.15, 0.2) is 0 Å². The van der Waals surface area contributed by atoms with Crippen LogP contribution in [0.3, 0.4) is 0 Å². The average molecular weight is 396 g/mol. The SMILES string of the molecule is CCc1ccc(NC2=C(c3ccc(C)cc3)C(=O)N(c3ccccc3C)C2=O)cc1. The number of carbonyl (C=O) groups excluding carboxylic acids is 2. The van der Waals surface area contributed by atoms with Gasteiger partial charge >= 0.3 is 0 Å². The molecule has 1 aliphatic heterocycles. The second-order valence-corrected chi connectivity index (χ2v) is 7.52. The molecule has 0 radical (unpaired) electrons. The molecular formula is C26H24N2O2. The number of hydrogen-bond acceptors (Lipinski definition) is 3. The standard InChI is InChI=1S/C26H24N2O2/c1-4-19-11-15-21(16-12-19)27-24-23(20-13-9-17(2)10-14-20)25(29)28(26(24)30)22-8-6-5-7-18(22)3/h5-16,27H,4H2,1-3H3. The van der Waals surface area contributed by atoms with E-state index in [4.69, 9.17) is 0 Å². The first kappa shape index (κ1) is 19.6. The molecule has 4 rings (SSSR count). The van der Waals surface area contributed by atoms with Crippen LogP contribution in [0.15, 0.2) is 78.5 Å². The molecule has 0 saturated carbocycles. The van der Waals surface area contributed by atoms with E-state index >= 15 is 0 Å². The molecule has 0 saturated heterocycles. The molecule has 0 bridgehead atoms. The molecule has 0 aromatic heterocycles. The molecule has 150 valence electrons. The molecule has 0 fully saturated rings. The second-order valence-electron chi connectivity index (χ2n) is 7.52. The number of nitrogens with one attached hydrogen (secondary N) is 1. The zero-order valence-corrected chi connectivity index (χ0v) is 17.4. The molecule has 1 N–H and O–H groups in total. The number of carbonyl (C=O) groups is 2. The van der Waals surface area contributed by atoms with Crippen molar-refractivity contribution in [1.82, 2.24) is 0 Å². The van der Waals surface area contributed by atoms with Crippen molar-refractivity contribution in [3.8, 4) is 0 Å². The highest BCUT2D eigenvalue weighted by Gasteiger charge is 2.40. The van der Waals surface area contributed by atoms with E-state index in [1.165, 1.54) is 10.5 Å². The Balaban J connectivity index is 1.81. The normalized spacial score (nSPS) is 13.9. The maximum atomic E-state index is 13.5. The minimum absolute atomic E-state index is 0.302. The molecular weight excluding hydrogens is 372 g/mol. The molecule has 0 atom stereocenters. The van der Waals surface area contributed by atoms with Crippen molar-refractivity contribution in [3.63, 3.8) is 0 Å². The summed E-state index contributed by atoms with van der Waals surface area (Å²) in [6.45, 7) is 5.99. The lowest BCUT2D eigenvalue weighted by Gasteiger charge is -2.17. The summed E-state index contributed by atoms with van der Waals surface area (Å²) >= 11 is 0. The molecule has 1 aliphatic rings. The Kier molecular flexibility index (Phi) is 5.23. The lowest BCUT2D eigenvalue weighted by Crippen LogP contribution is -2.33. The van der Waals surface area contributed by atoms with Gasteiger partial charge in [-0.25, -0.2) is 4.90 Å². The van der Waals surface area contributed by atoms with E-state index < -0.39 is 0 Å². The number of hydrogen-bond donors (Lipinski definition) is 1. The number of rotatable bonds is 5. The third-order valence-corrected chi connectivity index (χ3v) is 5.41. The lowest BCUT2D eigenvalue weighted by molar-refractivity contribution is -0.120. The van der Waals surface area contributed by atoms with Gasteiger partial charge in [-0.1, -0.05) is 67.1 Å². The van der Waals surface area contributed by atoms with Crippen LogP contribution in [0.4, 0.5) is 11.4 Å². The van der Waals surface area contributed by atoms with Crippen LogP contribution in [0.5, 0.6) is 0 Å². The minimum atomic E-state index is -0.343. The smallest absolute Gasteiger partial charge is 0.282 e. The van der Waals surface area contributed by atoms with Gasteiger partial charge in [-0.3, -0.25) is 9.59 Å². The number of amides is 2. The van der Waals surface area contributed by atoms with Crippen LogP contribution in [-0.2, 0) is 16.0 Å². The first-order chi connectivity index (χ1) is 14.5. The van der Waals surface area contributed by atoms with E-state index in [2.05, 4.69) is 12.2 Å². The van der Waals surface area contributed by atoms with Gasteiger partial charge in [0, 0.05) is 5.69 Å². The Morgan fingerprint density at radius 3 is 2.10 bits per heavy atom. The van der Waals surface area contributed by atoms with Gasteiger partial charge in [0.1, 0.15) is 5.70 Å². The van der Waals surface area contributed by atoms with E-state index in [1.54, 1.807) is 6.07 Å². The molecule has 30 heavy (non-hydrogen) atoms. The molecule has 2 amide bonds. The first-order valence-corrected chi connectivity index (χ1v) is 10.1. The Morgan fingerprint density at radius 2 is 1.47 bits per heavy atom. The molecule has 4 heteroatoms. The van der Waals surface area contributed by atoms with E-state index in [1.807, 2.05) is 80.6 Å². The number of anilines is 2. The Hall–Kier alpha value is -3.66. The van der Waals surface area contributed by atoms with Crippen LogP contribution in [0.2, 0.25) is 0 Å². The maximum absolute atomic E-state index is 13.5. The second kappa shape index (κ2) is 7.99. The number of imide groups is 1. The fourth-order valence-electron chi connectivity index (χ4n) is 3.63. The lowest BCUT2D eigenvalue weighted by atomic mass is 10.0. The van der Waals surface area contributed by atoms with Gasteiger partial charge in [0.2, 0.25) is 0 Å². The highest BCUT2D eigenvalue weighted by molar-refractivity contribution is 6.46. The van der Waals surface area contributed by atoms with Gasteiger partial charge in [0.25, 0.3) is 11.8 Å². The maximum Gasteiger partial charge on any atom is 0.282 e. The zero-order valence-electron chi connectivity index (χ0n) is 17.4. The monoisotopic (exact) mass is 396 g/mol. The van der Waals surface area contributed by atoms with Crippen LogP contribution < -0.4 is 10.2 Å². The third-order valence-electron chi connectivity index (χ3n) is 5.41. The molecule has 0 unspecified atom stereocenters. The molecule has 4 nitrogen and oxygen atoms in total. The number of benzene rings is 3. The van der Waals surface area contributed by atoms with Crippen molar-refractivity contribution < 1.29 is 9.59 Å². The minimum Gasteiger partial charge on any atom is -0.350 e. The summed E-state index contributed by atoms with van der Waals surface area (Å²) in [6.07, 6.45) is 0.941. The third kappa shape index (κ3) is 3.52. The highest BCUT2D eigenvalue weighted by Crippen LogP contribution is 2.35. The van der Waals surface area contributed by atoms with Gasteiger partial charge in [0.05, 0.1) is 11.3 Å². The van der Waals surface area contributed by atoms with E-state index in [-0.39, 0.29) is 11.8 Å². The van der Waals surface area contributed by atoms with Gasteiger partial charge in [-0.2, -0.15) is 0 Å². The predicted molar refractivity (Wildman–Crippen MR) is 121 cm³/mol. The fourth-order valence-corrected chi connectivity index (χ4v) is 3.63. The average Bonchev–Trinajstić information content (AvgIpc) is 2.99. The first-order valence-electron chi connectivity index (χ1n) is 10.1. The van der Waals surface area contributed by atoms with E-state index in [0.717, 1.165) is 28.8 Å². The van der Waals surface area contributed by atoms with Crippen molar-refractivity contribution in [2.45, 2.75) is 27.2 Å². The van der Waals surface area contributed by atoms with Gasteiger partial charge < -0.3 is 5.32 Å². The summed E-state index contributed by atoms with van der Waals surface area (Å²) in [6, 6.07) is 23.0. The van der Waals surface area contributed by atoms with Crippen molar-refractivity contribution in [2.75, 3.05) is 10.2 Å². The summed E-state index contributed by atoms with van der Waals surface area (Å²) in [7, 11) is 0. The van der Waals surface area contributed by atoms with E-state index in [9.17, 15) is 9.59 Å². The van der Waals surface area contributed by atoms with Crippen molar-refractivity contribution in [2.24, 2.45) is 0 Å². The van der Waals surface area contributed by atoms with Crippen LogP contribution in [0, 0.1) is 13.8 Å². The van der Waals surface area contributed by atoms with Crippen molar-refractivity contribution in [1.29, 1.82) is 0 Å². The Bertz CT molecular complexity index is 1140. The molecule has 3 aromatic rings. The van der Waals surface area contributed by atoms with Crippen LogP contribution in [0.25, 0.3) is 5.57 Å². The van der Waals surface area contributed by atoms with E-state index in [0.29, 0.717) is 17.0 Å². The van der Waals surface area contributed by atoms with Crippen LogP contribution in [-0.4, -0.2) is 11.8 Å². The number of nitrogens with zero attached hydrogens (tertiary/aromatic N) is 1. The van der Waals surface area contributed by atoms with Crippen LogP contribution in [0.1, 0.15) is 29.2 Å². The Labute approximate surface area is 176 Å². The Morgan fingerprint density at radius 1 is 0.800 bits per heavy atom. The fraction of sp³-hybridized carbons (Fsp3) is 0.154. The van der Waals surface area contributed by atoms with Gasteiger partial charge in [-0.05, 0) is 55.2 Å². The number of aryl methyl sites for hydroxylation is 3. The van der Waals surface area contributed by atoms with Crippen molar-refractivity contribution in [3.05, 3.63) is 101 Å². The quantitative estimate of drug-likeness (QED) is 0.598. The molecule has 1 heterocycles. The summed E-state index contributed by atoms with van der Waals surface area (Å²) in [5, 5.41) is 3.22. The highest BCUT2D eigenvalue weighted by atomic mass is 16.2.